The molecule has 0 amide bonds. The second-order valence-electron chi connectivity index (χ2n) is 4.89. The molecule has 0 atom stereocenters. The molecule has 86 valence electrons. The number of furan rings is 1. The summed E-state index contributed by atoms with van der Waals surface area (Å²) in [6, 6.07) is 12.7. The lowest BCUT2D eigenvalue weighted by Crippen LogP contribution is -1.88. The minimum absolute atomic E-state index is 0.488. The summed E-state index contributed by atoms with van der Waals surface area (Å²) in [5.74, 6) is 1.54. The molecule has 3 rings (SSSR count). The van der Waals surface area contributed by atoms with Crippen LogP contribution in [0.25, 0.3) is 21.7 Å². The largest absolute Gasteiger partial charge is 0.461 e. The molecule has 1 heterocycles. The summed E-state index contributed by atoms with van der Waals surface area (Å²) >= 11 is 0. The zero-order valence-corrected chi connectivity index (χ0v) is 10.4. The molecule has 0 radical (unpaired) electrons. The number of fused-ring (bicyclic) bond motifs is 3. The standard InChI is InChI=1S/C16H16O/c1-10(2)15-11(3)17-14-9-8-12-6-4-5-7-13(12)16(14)15/h4-10H,1-3H3. The highest BCUT2D eigenvalue weighted by Gasteiger charge is 2.15. The molecule has 0 fully saturated rings. The van der Waals surface area contributed by atoms with E-state index >= 15 is 0 Å². The van der Waals surface area contributed by atoms with Gasteiger partial charge in [0.2, 0.25) is 0 Å². The summed E-state index contributed by atoms with van der Waals surface area (Å²) in [6.45, 7) is 6.50. The molecule has 0 bridgehead atoms. The summed E-state index contributed by atoms with van der Waals surface area (Å²) in [5.41, 5.74) is 2.35. The molecule has 0 aliphatic heterocycles. The van der Waals surface area contributed by atoms with Crippen LogP contribution in [0.15, 0.2) is 40.8 Å². The van der Waals surface area contributed by atoms with Crippen LogP contribution in [0.1, 0.15) is 31.1 Å². The van der Waals surface area contributed by atoms with Crippen molar-refractivity contribution in [3.63, 3.8) is 0 Å². The fraction of sp³-hybridized carbons (Fsp3) is 0.250. The molecule has 3 aromatic rings. The van der Waals surface area contributed by atoms with Crippen molar-refractivity contribution in [3.8, 4) is 0 Å². The van der Waals surface area contributed by atoms with Crippen LogP contribution in [-0.4, -0.2) is 0 Å². The van der Waals surface area contributed by atoms with Crippen molar-refractivity contribution in [1.82, 2.24) is 0 Å². The average Bonchev–Trinajstić information content (AvgIpc) is 2.65. The molecule has 2 aromatic carbocycles. The van der Waals surface area contributed by atoms with E-state index < -0.39 is 0 Å². The minimum atomic E-state index is 0.488. The smallest absolute Gasteiger partial charge is 0.135 e. The van der Waals surface area contributed by atoms with Crippen molar-refractivity contribution >= 4 is 21.7 Å². The SMILES string of the molecule is Cc1oc2ccc3ccccc3c2c1C(C)C. The zero-order chi connectivity index (χ0) is 12.0. The molecule has 0 aliphatic rings. The van der Waals surface area contributed by atoms with Crippen molar-refractivity contribution in [2.24, 2.45) is 0 Å². The van der Waals surface area contributed by atoms with Crippen molar-refractivity contribution in [1.29, 1.82) is 0 Å². The second kappa shape index (κ2) is 3.63. The number of hydrogen-bond acceptors (Lipinski definition) is 1. The van der Waals surface area contributed by atoms with Crippen LogP contribution in [0.2, 0.25) is 0 Å². The Bertz CT molecular complexity index is 689. The zero-order valence-electron chi connectivity index (χ0n) is 10.4. The Balaban J connectivity index is 2.55. The lowest BCUT2D eigenvalue weighted by molar-refractivity contribution is 0.568. The second-order valence-corrected chi connectivity index (χ2v) is 4.89. The summed E-state index contributed by atoms with van der Waals surface area (Å²) in [5, 5.41) is 3.86. The fourth-order valence-electron chi connectivity index (χ4n) is 2.71. The quantitative estimate of drug-likeness (QED) is 0.565. The minimum Gasteiger partial charge on any atom is -0.461 e. The maximum atomic E-state index is 5.87. The van der Waals surface area contributed by atoms with E-state index in [-0.39, 0.29) is 0 Å². The van der Waals surface area contributed by atoms with Gasteiger partial charge < -0.3 is 4.42 Å². The van der Waals surface area contributed by atoms with Gasteiger partial charge in [0.15, 0.2) is 0 Å². The number of aryl methyl sites for hydroxylation is 1. The lowest BCUT2D eigenvalue weighted by atomic mass is 9.96. The summed E-state index contributed by atoms with van der Waals surface area (Å²) in [6.07, 6.45) is 0. The number of benzene rings is 2. The molecule has 0 aliphatic carbocycles. The summed E-state index contributed by atoms with van der Waals surface area (Å²) in [7, 11) is 0. The van der Waals surface area contributed by atoms with Gasteiger partial charge in [-0.25, -0.2) is 0 Å². The Kier molecular flexibility index (Phi) is 2.22. The van der Waals surface area contributed by atoms with E-state index in [9.17, 15) is 0 Å². The highest BCUT2D eigenvalue weighted by molar-refractivity contribution is 6.08. The van der Waals surface area contributed by atoms with Crippen molar-refractivity contribution in [2.75, 3.05) is 0 Å². The van der Waals surface area contributed by atoms with Gasteiger partial charge in [0, 0.05) is 10.9 Å². The molecular weight excluding hydrogens is 208 g/mol. The molecule has 0 saturated heterocycles. The van der Waals surface area contributed by atoms with Gasteiger partial charge >= 0.3 is 0 Å². The van der Waals surface area contributed by atoms with Crippen molar-refractivity contribution in [3.05, 3.63) is 47.7 Å². The molecule has 1 aromatic heterocycles. The van der Waals surface area contributed by atoms with E-state index in [1.165, 1.54) is 21.7 Å². The van der Waals surface area contributed by atoms with Gasteiger partial charge in [0.25, 0.3) is 0 Å². The molecule has 0 unspecified atom stereocenters. The number of hydrogen-bond donors (Lipinski definition) is 0. The summed E-state index contributed by atoms with van der Waals surface area (Å²) in [4.78, 5) is 0. The Morgan fingerprint density at radius 1 is 1.00 bits per heavy atom. The van der Waals surface area contributed by atoms with Crippen molar-refractivity contribution in [2.45, 2.75) is 26.7 Å². The van der Waals surface area contributed by atoms with E-state index in [1.54, 1.807) is 0 Å². The van der Waals surface area contributed by atoms with Gasteiger partial charge in [-0.3, -0.25) is 0 Å². The summed E-state index contributed by atoms with van der Waals surface area (Å²) < 4.78 is 5.87. The van der Waals surface area contributed by atoms with E-state index in [4.69, 9.17) is 4.42 Å². The van der Waals surface area contributed by atoms with Crippen LogP contribution in [0.4, 0.5) is 0 Å². The predicted octanol–water partition coefficient (Wildman–Crippen LogP) is 5.02. The average molecular weight is 224 g/mol. The Labute approximate surface area is 101 Å². The van der Waals surface area contributed by atoms with Crippen LogP contribution in [0, 0.1) is 6.92 Å². The van der Waals surface area contributed by atoms with Crippen LogP contribution in [-0.2, 0) is 0 Å². The maximum Gasteiger partial charge on any atom is 0.135 e. The molecule has 1 heteroatoms. The van der Waals surface area contributed by atoms with Gasteiger partial charge in [0.05, 0.1) is 0 Å². The van der Waals surface area contributed by atoms with E-state index in [0.29, 0.717) is 5.92 Å². The molecule has 0 spiro atoms. The predicted molar refractivity (Wildman–Crippen MR) is 72.5 cm³/mol. The first-order chi connectivity index (χ1) is 8.18. The van der Waals surface area contributed by atoms with Crippen LogP contribution >= 0.6 is 0 Å². The van der Waals surface area contributed by atoms with Gasteiger partial charge in [-0.2, -0.15) is 0 Å². The highest BCUT2D eigenvalue weighted by Crippen LogP contribution is 2.36. The Morgan fingerprint density at radius 3 is 2.53 bits per heavy atom. The first-order valence-corrected chi connectivity index (χ1v) is 6.09. The third-order valence-electron chi connectivity index (χ3n) is 3.38. The van der Waals surface area contributed by atoms with Gasteiger partial charge in [-0.15, -0.1) is 0 Å². The normalized spacial score (nSPS) is 11.8. The van der Waals surface area contributed by atoms with Crippen LogP contribution in [0.3, 0.4) is 0 Å². The third kappa shape index (κ3) is 1.46. The Hall–Kier alpha value is -1.76. The van der Waals surface area contributed by atoms with Gasteiger partial charge in [-0.1, -0.05) is 44.2 Å². The topological polar surface area (TPSA) is 13.1 Å². The fourth-order valence-corrected chi connectivity index (χ4v) is 2.71. The van der Waals surface area contributed by atoms with Crippen LogP contribution < -0.4 is 0 Å². The van der Waals surface area contributed by atoms with Crippen LogP contribution in [0.5, 0.6) is 0 Å². The monoisotopic (exact) mass is 224 g/mol. The lowest BCUT2D eigenvalue weighted by Gasteiger charge is -2.05. The van der Waals surface area contributed by atoms with E-state index in [1.807, 2.05) is 0 Å². The van der Waals surface area contributed by atoms with Gasteiger partial charge in [-0.05, 0) is 29.7 Å². The van der Waals surface area contributed by atoms with Gasteiger partial charge in [0.1, 0.15) is 11.3 Å². The highest BCUT2D eigenvalue weighted by atomic mass is 16.3. The molecule has 0 N–H and O–H groups in total. The molecule has 17 heavy (non-hydrogen) atoms. The first kappa shape index (κ1) is 10.4. The molecular formula is C16H16O. The molecule has 0 saturated carbocycles. The van der Waals surface area contributed by atoms with E-state index in [0.717, 1.165) is 11.3 Å². The van der Waals surface area contributed by atoms with E-state index in [2.05, 4.69) is 57.2 Å². The van der Waals surface area contributed by atoms with Crippen molar-refractivity contribution < 1.29 is 4.42 Å². The molecule has 1 nitrogen and oxygen atoms in total. The maximum absolute atomic E-state index is 5.87. The Morgan fingerprint density at radius 2 is 1.76 bits per heavy atom. The first-order valence-electron chi connectivity index (χ1n) is 6.09. The number of rotatable bonds is 1. The third-order valence-corrected chi connectivity index (χ3v) is 3.38.